The normalized spacial score (nSPS) is 10.7. The van der Waals surface area contributed by atoms with Crippen LogP contribution >= 0.6 is 0 Å². The Morgan fingerprint density at radius 2 is 1.88 bits per heavy atom. The van der Waals surface area contributed by atoms with Crippen LogP contribution < -0.4 is 5.73 Å². The van der Waals surface area contributed by atoms with E-state index in [0.29, 0.717) is 39.3 Å². The highest BCUT2D eigenvalue weighted by Crippen LogP contribution is 2.34. The molecule has 0 aliphatic carbocycles. The van der Waals surface area contributed by atoms with Gasteiger partial charge in [-0.1, -0.05) is 42.5 Å². The molecule has 0 saturated carbocycles. The van der Waals surface area contributed by atoms with E-state index >= 15 is 0 Å². The van der Waals surface area contributed by atoms with Gasteiger partial charge in [0.25, 0.3) is 0 Å². The summed E-state index contributed by atoms with van der Waals surface area (Å²) in [5.41, 5.74) is 9.64. The number of hydrogen-bond donors (Lipinski definition) is 1. The average molecular weight is 418 g/mol. The van der Waals surface area contributed by atoms with E-state index in [2.05, 4.69) is 31.1 Å². The Labute approximate surface area is 181 Å². The summed E-state index contributed by atoms with van der Waals surface area (Å²) in [4.78, 5) is 30.3. The second-order valence-corrected chi connectivity index (χ2v) is 6.85. The van der Waals surface area contributed by atoms with Gasteiger partial charge in [-0.25, -0.2) is 19.9 Å². The van der Waals surface area contributed by atoms with Crippen molar-refractivity contribution in [3.63, 3.8) is 0 Å². The molecule has 0 aliphatic rings. The van der Waals surface area contributed by atoms with Gasteiger partial charge in [-0.2, -0.15) is 9.78 Å². The molecular weight excluding hydrogens is 404 g/mol. The van der Waals surface area contributed by atoms with Gasteiger partial charge in [0.15, 0.2) is 5.65 Å². The maximum atomic E-state index is 13.0. The molecule has 0 atom stereocenters. The van der Waals surface area contributed by atoms with Crippen LogP contribution in [0.3, 0.4) is 0 Å². The first-order valence-electron chi connectivity index (χ1n) is 9.58. The Kier molecular flexibility index (Phi) is 4.58. The molecule has 0 radical (unpaired) electrons. The molecule has 5 aromatic rings. The Hall–Kier alpha value is -4.97. The molecule has 0 unspecified atom stereocenters. The fourth-order valence-corrected chi connectivity index (χ4v) is 3.39. The van der Waals surface area contributed by atoms with Crippen LogP contribution in [-0.2, 0) is 0 Å². The van der Waals surface area contributed by atoms with Crippen molar-refractivity contribution in [3.8, 4) is 28.6 Å². The average Bonchev–Trinajstić information content (AvgIpc) is 3.30. The van der Waals surface area contributed by atoms with Gasteiger partial charge in [0.1, 0.15) is 6.33 Å². The molecule has 0 bridgehead atoms. The van der Waals surface area contributed by atoms with Crippen molar-refractivity contribution in [2.45, 2.75) is 0 Å². The maximum Gasteiger partial charge on any atom is 0.232 e. The zero-order chi connectivity index (χ0) is 22.1. The molecule has 2 N–H and O–H groups in total. The summed E-state index contributed by atoms with van der Waals surface area (Å²) in [5.74, 6) is -0.298. The van der Waals surface area contributed by atoms with Crippen LogP contribution in [-0.4, -0.2) is 35.3 Å². The van der Waals surface area contributed by atoms with E-state index in [-0.39, 0.29) is 17.6 Å². The maximum absolute atomic E-state index is 13.0. The van der Waals surface area contributed by atoms with Gasteiger partial charge in [-0.05, 0) is 18.2 Å². The number of aromatic nitrogens is 6. The molecule has 0 spiro atoms. The summed E-state index contributed by atoms with van der Waals surface area (Å²) in [6.07, 6.45) is 3.00. The van der Waals surface area contributed by atoms with Crippen molar-refractivity contribution in [1.82, 2.24) is 29.5 Å². The number of carbonyl (C=O) groups is 1. The second-order valence-electron chi connectivity index (χ2n) is 6.85. The molecular formula is C23H14N8O. The number of hydrogen-bond acceptors (Lipinski definition) is 8. The molecule has 0 saturated heterocycles. The summed E-state index contributed by atoms with van der Waals surface area (Å²) >= 11 is 0. The second kappa shape index (κ2) is 7.70. The number of rotatable bonds is 4. The molecule has 3 aromatic heterocycles. The summed E-state index contributed by atoms with van der Waals surface area (Å²) in [6.45, 7) is 0. The number of carbonyl (C=O) groups excluding carboxylic acids is 1. The minimum Gasteiger partial charge on any atom is -0.368 e. The number of benzene rings is 2. The summed E-state index contributed by atoms with van der Waals surface area (Å²) in [6, 6.07) is 19.6. The zero-order valence-corrected chi connectivity index (χ0v) is 16.5. The lowest BCUT2D eigenvalue weighted by molar-refractivity contribution is 0.102. The van der Waals surface area contributed by atoms with Crippen LogP contribution in [0.4, 0.5) is 5.95 Å². The highest BCUT2D eigenvalue weighted by atomic mass is 16.1. The van der Waals surface area contributed by atoms with Gasteiger partial charge < -0.3 is 5.73 Å². The lowest BCUT2D eigenvalue weighted by atomic mass is 10.0. The van der Waals surface area contributed by atoms with E-state index in [1.165, 1.54) is 10.8 Å². The van der Waals surface area contributed by atoms with Crippen LogP contribution in [0.2, 0.25) is 0 Å². The van der Waals surface area contributed by atoms with Gasteiger partial charge in [0.05, 0.1) is 28.6 Å². The van der Waals surface area contributed by atoms with Gasteiger partial charge in [-0.15, -0.1) is 5.10 Å². The van der Waals surface area contributed by atoms with Crippen LogP contribution in [0, 0.1) is 11.3 Å². The molecule has 3 heterocycles. The minimum absolute atomic E-state index is 0.0112. The highest BCUT2D eigenvalue weighted by molar-refractivity contribution is 6.07. The number of fused-ring (bicyclic) bond motifs is 1. The van der Waals surface area contributed by atoms with Gasteiger partial charge in [0.2, 0.25) is 17.6 Å². The number of nitrogen functional groups attached to an aromatic ring is 1. The monoisotopic (exact) mass is 418 g/mol. The molecule has 2 aromatic carbocycles. The van der Waals surface area contributed by atoms with Gasteiger partial charge in [-0.3, -0.25) is 4.79 Å². The number of nitrogens with zero attached hydrogens (tertiary/aromatic N) is 7. The molecule has 0 fully saturated rings. The van der Waals surface area contributed by atoms with Crippen molar-refractivity contribution in [3.05, 3.63) is 90.1 Å². The van der Waals surface area contributed by atoms with Crippen molar-refractivity contribution in [2.24, 2.45) is 0 Å². The predicted molar refractivity (Wildman–Crippen MR) is 116 cm³/mol. The van der Waals surface area contributed by atoms with E-state index < -0.39 is 0 Å². The number of ketones is 1. The molecule has 152 valence electrons. The van der Waals surface area contributed by atoms with E-state index in [4.69, 9.17) is 5.73 Å². The smallest absolute Gasteiger partial charge is 0.232 e. The van der Waals surface area contributed by atoms with E-state index in [1.807, 2.05) is 12.1 Å². The van der Waals surface area contributed by atoms with Crippen molar-refractivity contribution < 1.29 is 4.79 Å². The SMILES string of the molecule is N#Cc1cccc(-c2nc(N)n3nc(C(=O)c4ccccc4)nc3c2-c2ccncn2)c1. The Morgan fingerprint density at radius 1 is 1.03 bits per heavy atom. The molecule has 9 nitrogen and oxygen atoms in total. The van der Waals surface area contributed by atoms with Crippen molar-refractivity contribution in [2.75, 3.05) is 5.73 Å². The zero-order valence-electron chi connectivity index (χ0n) is 16.5. The predicted octanol–water partition coefficient (Wildman–Crippen LogP) is 2.93. The van der Waals surface area contributed by atoms with E-state index in [1.54, 1.807) is 54.7 Å². The van der Waals surface area contributed by atoms with E-state index in [0.717, 1.165) is 0 Å². The van der Waals surface area contributed by atoms with E-state index in [9.17, 15) is 10.1 Å². The lowest BCUT2D eigenvalue weighted by Gasteiger charge is -2.11. The Balaban J connectivity index is 1.80. The van der Waals surface area contributed by atoms with Crippen LogP contribution in [0.5, 0.6) is 0 Å². The van der Waals surface area contributed by atoms with Crippen molar-refractivity contribution >= 4 is 17.4 Å². The first kappa shape index (κ1) is 19.0. The topological polar surface area (TPSA) is 136 Å². The molecule has 9 heteroatoms. The minimum atomic E-state index is -0.338. The first-order valence-corrected chi connectivity index (χ1v) is 9.58. The molecule has 32 heavy (non-hydrogen) atoms. The molecule has 0 amide bonds. The third kappa shape index (κ3) is 3.22. The van der Waals surface area contributed by atoms with Gasteiger partial charge >= 0.3 is 0 Å². The Bertz CT molecular complexity index is 1500. The van der Waals surface area contributed by atoms with Crippen LogP contribution in [0.1, 0.15) is 21.7 Å². The van der Waals surface area contributed by atoms with Gasteiger partial charge in [0, 0.05) is 17.3 Å². The number of nitriles is 1. The highest BCUT2D eigenvalue weighted by Gasteiger charge is 2.23. The fourth-order valence-electron chi connectivity index (χ4n) is 3.39. The third-order valence-electron chi connectivity index (χ3n) is 4.85. The fraction of sp³-hybridized carbons (Fsp3) is 0. The molecule has 5 rings (SSSR count). The summed E-state index contributed by atoms with van der Waals surface area (Å²) in [5, 5.41) is 13.6. The number of nitrogens with two attached hydrogens (primary N) is 1. The third-order valence-corrected chi connectivity index (χ3v) is 4.85. The standard InChI is InChI=1S/C23H14N8O/c24-12-14-5-4-8-16(11-14)19-18(17-9-10-26-13-27-17)22-29-21(30-31(22)23(25)28-19)20(32)15-6-2-1-3-7-15/h1-11,13H,(H2,25,28). The van der Waals surface area contributed by atoms with Crippen LogP contribution in [0.25, 0.3) is 28.2 Å². The molecule has 0 aliphatic heterocycles. The first-order chi connectivity index (χ1) is 15.7. The summed E-state index contributed by atoms with van der Waals surface area (Å²) < 4.78 is 1.32. The van der Waals surface area contributed by atoms with Crippen molar-refractivity contribution in [1.29, 1.82) is 5.26 Å². The number of anilines is 1. The summed E-state index contributed by atoms with van der Waals surface area (Å²) in [7, 11) is 0. The largest absolute Gasteiger partial charge is 0.368 e. The quantitative estimate of drug-likeness (QED) is 0.440. The van der Waals surface area contributed by atoms with Crippen LogP contribution in [0.15, 0.2) is 73.2 Å². The Morgan fingerprint density at radius 3 is 2.62 bits per heavy atom. The lowest BCUT2D eigenvalue weighted by Crippen LogP contribution is -2.07.